The zero-order valence-corrected chi connectivity index (χ0v) is 19.3. The second kappa shape index (κ2) is 9.46. The van der Waals surface area contributed by atoms with Crippen molar-refractivity contribution >= 4 is 39.3 Å². The molecule has 6 nitrogen and oxygen atoms in total. The van der Waals surface area contributed by atoms with Gasteiger partial charge in [0.25, 0.3) is 5.82 Å². The molecule has 0 N–H and O–H groups in total. The van der Waals surface area contributed by atoms with Crippen LogP contribution in [0, 0.1) is 6.92 Å². The number of Topliss-reactive ketones (excluding diaryl/α,β-unsaturated/α-hetero) is 1. The molecule has 0 radical (unpaired) electrons. The van der Waals surface area contributed by atoms with Gasteiger partial charge in [-0.1, -0.05) is 63.9 Å². The van der Waals surface area contributed by atoms with Crippen molar-refractivity contribution in [1.29, 1.82) is 0 Å². The number of ketones is 1. The molecule has 0 aliphatic carbocycles. The molecule has 32 heavy (non-hydrogen) atoms. The van der Waals surface area contributed by atoms with Gasteiger partial charge in [0.2, 0.25) is 0 Å². The summed E-state index contributed by atoms with van der Waals surface area (Å²) in [5.74, 6) is -0.821. The molecule has 0 atom stereocenters. The number of carbonyl (C=O) groups excluding carboxylic acids is 2. The molecular weight excluding hydrogens is 494 g/mol. The van der Waals surface area contributed by atoms with Gasteiger partial charge in [0, 0.05) is 20.6 Å². The third-order valence-electron chi connectivity index (χ3n) is 4.62. The average Bonchev–Trinajstić information content (AvgIpc) is 3.23. The fraction of sp³-hybridized carbons (Fsp3) is 0.0833. The lowest BCUT2D eigenvalue weighted by Gasteiger charge is -2.07. The number of benzene rings is 3. The van der Waals surface area contributed by atoms with Crippen molar-refractivity contribution in [3.05, 3.63) is 99.2 Å². The summed E-state index contributed by atoms with van der Waals surface area (Å²) in [5.41, 5.74) is 2.90. The van der Waals surface area contributed by atoms with E-state index in [1.807, 2.05) is 37.3 Å². The molecule has 0 fully saturated rings. The summed E-state index contributed by atoms with van der Waals surface area (Å²) in [6, 6.07) is 21.6. The average molecular weight is 511 g/mol. The number of carbonyl (C=O) groups is 2. The van der Waals surface area contributed by atoms with Crippen LogP contribution >= 0.6 is 27.5 Å². The third kappa shape index (κ3) is 4.95. The molecular formula is C24H17BrClN3O3. The molecule has 4 rings (SSSR count). The molecule has 0 aliphatic rings. The van der Waals surface area contributed by atoms with Crippen LogP contribution in [0.1, 0.15) is 26.5 Å². The van der Waals surface area contributed by atoms with E-state index < -0.39 is 12.6 Å². The van der Waals surface area contributed by atoms with E-state index in [9.17, 15) is 9.59 Å². The Kier molecular flexibility index (Phi) is 6.48. The van der Waals surface area contributed by atoms with Crippen LogP contribution < -0.4 is 0 Å². The molecule has 0 aliphatic heterocycles. The highest BCUT2D eigenvalue weighted by Gasteiger charge is 2.21. The molecule has 1 aromatic heterocycles. The van der Waals surface area contributed by atoms with Gasteiger partial charge >= 0.3 is 5.97 Å². The first kappa shape index (κ1) is 21.9. The summed E-state index contributed by atoms with van der Waals surface area (Å²) >= 11 is 9.47. The van der Waals surface area contributed by atoms with E-state index in [0.29, 0.717) is 22.0 Å². The molecule has 4 aromatic rings. The molecule has 0 amide bonds. The largest absolute Gasteiger partial charge is 0.451 e. The summed E-state index contributed by atoms with van der Waals surface area (Å²) in [6.45, 7) is 1.55. The summed E-state index contributed by atoms with van der Waals surface area (Å²) < 4.78 is 7.61. The van der Waals surface area contributed by atoms with E-state index in [0.717, 1.165) is 15.7 Å². The van der Waals surface area contributed by atoms with Crippen molar-refractivity contribution in [2.45, 2.75) is 6.92 Å². The van der Waals surface area contributed by atoms with Crippen molar-refractivity contribution in [3.8, 4) is 17.1 Å². The van der Waals surface area contributed by atoms with Crippen molar-refractivity contribution in [2.75, 3.05) is 6.61 Å². The van der Waals surface area contributed by atoms with Gasteiger partial charge in [-0.2, -0.15) is 0 Å². The molecule has 0 bridgehead atoms. The number of ether oxygens (including phenoxy) is 1. The predicted molar refractivity (Wildman–Crippen MR) is 125 cm³/mol. The lowest BCUT2D eigenvalue weighted by molar-refractivity contribution is 0.0462. The van der Waals surface area contributed by atoms with E-state index in [2.05, 4.69) is 26.0 Å². The summed E-state index contributed by atoms with van der Waals surface area (Å²) in [5, 5.41) is 4.89. The molecule has 8 heteroatoms. The van der Waals surface area contributed by atoms with Crippen LogP contribution in [0.25, 0.3) is 17.1 Å². The van der Waals surface area contributed by atoms with Crippen molar-refractivity contribution in [3.63, 3.8) is 0 Å². The second-order valence-electron chi connectivity index (χ2n) is 7.03. The number of esters is 1. The predicted octanol–water partition coefficient (Wildman–Crippen LogP) is 5.70. The second-order valence-corrected chi connectivity index (χ2v) is 8.38. The Morgan fingerprint density at radius 3 is 2.50 bits per heavy atom. The lowest BCUT2D eigenvalue weighted by atomic mass is 10.1. The van der Waals surface area contributed by atoms with Gasteiger partial charge in [-0.25, -0.2) is 14.5 Å². The van der Waals surface area contributed by atoms with Crippen molar-refractivity contribution < 1.29 is 14.3 Å². The quantitative estimate of drug-likeness (QED) is 0.246. The number of hydrogen-bond acceptors (Lipinski definition) is 5. The Morgan fingerprint density at radius 1 is 1.03 bits per heavy atom. The first-order chi connectivity index (χ1) is 15.4. The van der Waals surface area contributed by atoms with Crippen LogP contribution in [0.3, 0.4) is 0 Å². The van der Waals surface area contributed by atoms with Gasteiger partial charge in [-0.15, -0.1) is 5.10 Å². The van der Waals surface area contributed by atoms with Gasteiger partial charge in [-0.05, 0) is 48.9 Å². The van der Waals surface area contributed by atoms with E-state index in [1.165, 1.54) is 0 Å². The number of aromatic nitrogens is 3. The maximum atomic E-state index is 12.7. The maximum Gasteiger partial charge on any atom is 0.378 e. The topological polar surface area (TPSA) is 74.1 Å². The van der Waals surface area contributed by atoms with E-state index in [-0.39, 0.29) is 11.6 Å². The molecule has 0 saturated heterocycles. The van der Waals surface area contributed by atoms with E-state index in [4.69, 9.17) is 16.3 Å². The Bertz CT molecular complexity index is 1240. The monoisotopic (exact) mass is 509 g/mol. The van der Waals surface area contributed by atoms with Crippen LogP contribution in [0.4, 0.5) is 0 Å². The maximum absolute atomic E-state index is 12.7. The number of halogens is 2. The van der Waals surface area contributed by atoms with Crippen LogP contribution in [-0.2, 0) is 4.74 Å². The molecule has 0 spiro atoms. The minimum Gasteiger partial charge on any atom is -0.451 e. The summed E-state index contributed by atoms with van der Waals surface area (Å²) in [7, 11) is 0. The molecule has 1 heterocycles. The van der Waals surface area contributed by atoms with Gasteiger partial charge in [0.1, 0.15) is 0 Å². The Hall–Kier alpha value is -3.29. The number of rotatable bonds is 6. The lowest BCUT2D eigenvalue weighted by Crippen LogP contribution is -2.15. The van der Waals surface area contributed by atoms with Crippen molar-refractivity contribution in [1.82, 2.24) is 14.8 Å². The minimum absolute atomic E-state index is 0.148. The highest BCUT2D eigenvalue weighted by Crippen LogP contribution is 2.24. The zero-order valence-electron chi connectivity index (χ0n) is 17.0. The van der Waals surface area contributed by atoms with Gasteiger partial charge in [0.15, 0.2) is 18.2 Å². The molecule has 0 saturated carbocycles. The fourth-order valence-electron chi connectivity index (χ4n) is 3.07. The molecule has 0 unspecified atom stereocenters. The van der Waals surface area contributed by atoms with E-state index >= 15 is 0 Å². The Balaban J connectivity index is 1.62. The van der Waals surface area contributed by atoms with Crippen LogP contribution in [0.5, 0.6) is 0 Å². The SMILES string of the molecule is Cc1cccc(-n2nc(C(=O)OCC(=O)c3ccc(Br)cc3)nc2-c2cccc(Cl)c2)c1. The molecule has 3 aromatic carbocycles. The number of hydrogen-bond donors (Lipinski definition) is 0. The van der Waals surface area contributed by atoms with Crippen LogP contribution in [0.15, 0.2) is 77.3 Å². The first-order valence-electron chi connectivity index (χ1n) is 9.66. The van der Waals surface area contributed by atoms with Crippen molar-refractivity contribution in [2.24, 2.45) is 0 Å². The van der Waals surface area contributed by atoms with Gasteiger partial charge < -0.3 is 4.74 Å². The van der Waals surface area contributed by atoms with Gasteiger partial charge in [-0.3, -0.25) is 4.79 Å². The Labute approximate surface area is 197 Å². The highest BCUT2D eigenvalue weighted by atomic mass is 79.9. The zero-order chi connectivity index (χ0) is 22.7. The number of nitrogens with zero attached hydrogens (tertiary/aromatic N) is 3. The van der Waals surface area contributed by atoms with Crippen LogP contribution in [-0.4, -0.2) is 33.1 Å². The minimum atomic E-state index is -0.787. The third-order valence-corrected chi connectivity index (χ3v) is 5.38. The number of aryl methyl sites for hydroxylation is 1. The first-order valence-corrected chi connectivity index (χ1v) is 10.8. The van der Waals surface area contributed by atoms with Crippen LogP contribution in [0.2, 0.25) is 5.02 Å². The fourth-order valence-corrected chi connectivity index (χ4v) is 3.52. The highest BCUT2D eigenvalue weighted by molar-refractivity contribution is 9.10. The smallest absolute Gasteiger partial charge is 0.378 e. The Morgan fingerprint density at radius 2 is 1.78 bits per heavy atom. The normalized spacial score (nSPS) is 10.7. The summed E-state index contributed by atoms with van der Waals surface area (Å²) in [4.78, 5) is 29.4. The molecule has 160 valence electrons. The van der Waals surface area contributed by atoms with E-state index in [1.54, 1.807) is 47.1 Å². The van der Waals surface area contributed by atoms with Gasteiger partial charge in [0.05, 0.1) is 5.69 Å². The standard InChI is InChI=1S/C24H17BrClN3O3/c1-15-4-2-7-20(12-15)29-23(17-5-3-6-19(26)13-17)27-22(28-29)24(31)32-14-21(30)16-8-10-18(25)11-9-16/h2-13H,14H2,1H3. The summed E-state index contributed by atoms with van der Waals surface area (Å²) in [6.07, 6.45) is 0.